The summed E-state index contributed by atoms with van der Waals surface area (Å²) in [5.41, 5.74) is 0.883. The lowest BCUT2D eigenvalue weighted by atomic mass is 10.0. The number of thioether (sulfide) groups is 1. The second-order valence-electron chi connectivity index (χ2n) is 5.31. The van der Waals surface area contributed by atoms with Gasteiger partial charge in [0.05, 0.1) is 24.5 Å². The molecule has 26 heavy (non-hydrogen) atoms. The molecule has 0 aromatic carbocycles. The molecular weight excluding hydrogens is 360 g/mol. The van der Waals surface area contributed by atoms with E-state index in [1.165, 1.54) is 18.0 Å². The average molecular weight is 378 g/mol. The molecule has 0 bridgehead atoms. The number of furan rings is 1. The zero-order valence-corrected chi connectivity index (χ0v) is 15.1. The van der Waals surface area contributed by atoms with E-state index in [-0.39, 0.29) is 24.3 Å². The first kappa shape index (κ1) is 18.1. The first-order valence-electron chi connectivity index (χ1n) is 8.10. The van der Waals surface area contributed by atoms with Crippen LogP contribution in [-0.2, 0) is 9.53 Å². The number of hydrogen-bond donors (Lipinski definition) is 2. The number of hydrogen-bond acceptors (Lipinski definition) is 8. The van der Waals surface area contributed by atoms with Gasteiger partial charge in [0.15, 0.2) is 5.76 Å². The van der Waals surface area contributed by atoms with Crippen molar-refractivity contribution in [3.63, 3.8) is 0 Å². The van der Waals surface area contributed by atoms with Gasteiger partial charge in [0.25, 0.3) is 11.1 Å². The standard InChI is InChI=1S/C16H18N4O5S/c1-3-9-12(14(21)23-4-2)10(18-15(22)17-9)8-26-16-20-19-13(25-16)11-6-5-7-24-11/h5-7,9H,3-4,8H2,1-2H3,(H2,17,18,22)/t9-/m1/s1. The lowest BCUT2D eigenvalue weighted by Crippen LogP contribution is -2.50. The Morgan fingerprint density at radius 1 is 1.38 bits per heavy atom. The summed E-state index contributed by atoms with van der Waals surface area (Å²) >= 11 is 1.21. The van der Waals surface area contributed by atoms with Crippen LogP contribution in [0.25, 0.3) is 11.7 Å². The molecule has 3 rings (SSSR count). The molecule has 2 amide bonds. The molecule has 0 unspecified atom stereocenters. The second-order valence-corrected chi connectivity index (χ2v) is 6.24. The number of carbonyl (C=O) groups excluding carboxylic acids is 2. The molecule has 0 aliphatic carbocycles. The zero-order valence-electron chi connectivity index (χ0n) is 14.3. The number of amides is 2. The lowest BCUT2D eigenvalue weighted by molar-refractivity contribution is -0.139. The molecule has 9 nitrogen and oxygen atoms in total. The van der Waals surface area contributed by atoms with E-state index in [0.29, 0.717) is 28.7 Å². The summed E-state index contributed by atoms with van der Waals surface area (Å²) in [5, 5.41) is 13.6. The molecule has 0 spiro atoms. The maximum Gasteiger partial charge on any atom is 0.337 e. The van der Waals surface area contributed by atoms with Gasteiger partial charge in [-0.25, -0.2) is 9.59 Å². The van der Waals surface area contributed by atoms with E-state index in [4.69, 9.17) is 13.6 Å². The number of nitrogens with zero attached hydrogens (tertiary/aromatic N) is 2. The van der Waals surface area contributed by atoms with Crippen LogP contribution in [0.4, 0.5) is 4.79 Å². The monoisotopic (exact) mass is 378 g/mol. The summed E-state index contributed by atoms with van der Waals surface area (Å²) in [5.74, 6) is 0.553. The Labute approximate surface area is 153 Å². The number of carbonyl (C=O) groups is 2. The van der Waals surface area contributed by atoms with Gasteiger partial charge < -0.3 is 24.2 Å². The zero-order chi connectivity index (χ0) is 18.5. The van der Waals surface area contributed by atoms with Crippen molar-refractivity contribution in [3.05, 3.63) is 29.7 Å². The van der Waals surface area contributed by atoms with E-state index in [1.54, 1.807) is 19.1 Å². The molecule has 0 saturated heterocycles. The van der Waals surface area contributed by atoms with Crippen molar-refractivity contribution >= 4 is 23.8 Å². The van der Waals surface area contributed by atoms with Gasteiger partial charge in [-0.3, -0.25) is 0 Å². The van der Waals surface area contributed by atoms with Crippen LogP contribution in [0.15, 0.2) is 43.7 Å². The molecule has 3 heterocycles. The molecule has 2 aromatic heterocycles. The van der Waals surface area contributed by atoms with Gasteiger partial charge in [0.2, 0.25) is 0 Å². The van der Waals surface area contributed by atoms with Crippen LogP contribution in [0.3, 0.4) is 0 Å². The Kier molecular flexibility index (Phi) is 5.61. The maximum atomic E-state index is 12.3. The van der Waals surface area contributed by atoms with E-state index in [2.05, 4.69) is 20.8 Å². The van der Waals surface area contributed by atoms with Crippen LogP contribution in [0, 0.1) is 0 Å². The van der Waals surface area contributed by atoms with Crippen LogP contribution in [0.5, 0.6) is 0 Å². The summed E-state index contributed by atoms with van der Waals surface area (Å²) in [7, 11) is 0. The van der Waals surface area contributed by atoms with Crippen LogP contribution in [0.2, 0.25) is 0 Å². The molecule has 1 aliphatic rings. The van der Waals surface area contributed by atoms with Crippen molar-refractivity contribution in [1.29, 1.82) is 0 Å². The fourth-order valence-electron chi connectivity index (χ4n) is 2.48. The number of ether oxygens (including phenoxy) is 1. The second kappa shape index (κ2) is 8.09. The van der Waals surface area contributed by atoms with Gasteiger partial charge in [0.1, 0.15) is 0 Å². The summed E-state index contributed by atoms with van der Waals surface area (Å²) in [6, 6.07) is 2.67. The molecule has 2 N–H and O–H groups in total. The summed E-state index contributed by atoms with van der Waals surface area (Å²) in [4.78, 5) is 24.2. The SMILES string of the molecule is CCOC(=O)C1=C(CSc2nnc(-c3ccco3)o2)NC(=O)N[C@@H]1CC. The van der Waals surface area contributed by atoms with Crippen molar-refractivity contribution in [2.75, 3.05) is 12.4 Å². The van der Waals surface area contributed by atoms with E-state index in [0.717, 1.165) is 0 Å². The smallest absolute Gasteiger partial charge is 0.337 e. The number of esters is 1. The summed E-state index contributed by atoms with van der Waals surface area (Å²) in [6.07, 6.45) is 2.08. The minimum Gasteiger partial charge on any atom is -0.463 e. The predicted octanol–water partition coefficient (Wildman–Crippen LogP) is 2.33. The summed E-state index contributed by atoms with van der Waals surface area (Å²) in [6.45, 7) is 3.87. The van der Waals surface area contributed by atoms with Gasteiger partial charge >= 0.3 is 12.0 Å². The topological polar surface area (TPSA) is 119 Å². The third-order valence-electron chi connectivity index (χ3n) is 3.63. The number of rotatable bonds is 7. The molecule has 10 heteroatoms. The predicted molar refractivity (Wildman–Crippen MR) is 92.1 cm³/mol. The minimum absolute atomic E-state index is 0.253. The fraction of sp³-hybridized carbons (Fsp3) is 0.375. The Morgan fingerprint density at radius 3 is 2.92 bits per heavy atom. The number of aromatic nitrogens is 2. The molecular formula is C16H18N4O5S. The Morgan fingerprint density at radius 2 is 2.23 bits per heavy atom. The van der Waals surface area contributed by atoms with Crippen LogP contribution in [0.1, 0.15) is 20.3 Å². The van der Waals surface area contributed by atoms with Crippen molar-refractivity contribution < 1.29 is 23.2 Å². The van der Waals surface area contributed by atoms with Crippen molar-refractivity contribution in [1.82, 2.24) is 20.8 Å². The Balaban J connectivity index is 1.78. The van der Waals surface area contributed by atoms with Gasteiger partial charge in [-0.15, -0.1) is 10.2 Å². The quantitative estimate of drug-likeness (QED) is 0.556. The summed E-state index contributed by atoms with van der Waals surface area (Å²) < 4.78 is 15.8. The number of nitrogens with one attached hydrogen (secondary N) is 2. The maximum absolute atomic E-state index is 12.3. The third-order valence-corrected chi connectivity index (χ3v) is 4.47. The normalized spacial score (nSPS) is 17.0. The molecule has 0 fully saturated rings. The van der Waals surface area contributed by atoms with Gasteiger partial charge in [0, 0.05) is 11.4 Å². The minimum atomic E-state index is -0.454. The Hall–Kier alpha value is -2.75. The van der Waals surface area contributed by atoms with Crippen molar-refractivity contribution in [2.45, 2.75) is 31.5 Å². The molecule has 0 saturated carbocycles. The number of urea groups is 1. The van der Waals surface area contributed by atoms with E-state index >= 15 is 0 Å². The largest absolute Gasteiger partial charge is 0.463 e. The van der Waals surface area contributed by atoms with Gasteiger partial charge in [-0.05, 0) is 25.5 Å². The molecule has 1 atom stereocenters. The first-order chi connectivity index (χ1) is 12.6. The van der Waals surface area contributed by atoms with Gasteiger partial charge in [-0.1, -0.05) is 18.7 Å². The van der Waals surface area contributed by atoms with Crippen molar-refractivity contribution in [2.24, 2.45) is 0 Å². The highest BCUT2D eigenvalue weighted by atomic mass is 32.2. The van der Waals surface area contributed by atoms with E-state index in [9.17, 15) is 9.59 Å². The van der Waals surface area contributed by atoms with Crippen LogP contribution in [-0.4, -0.2) is 40.6 Å². The fourth-order valence-corrected chi connectivity index (χ4v) is 3.21. The van der Waals surface area contributed by atoms with Crippen molar-refractivity contribution in [3.8, 4) is 11.7 Å². The molecule has 1 aliphatic heterocycles. The molecule has 0 radical (unpaired) electrons. The average Bonchev–Trinajstić information content (AvgIpc) is 3.30. The molecule has 2 aromatic rings. The Bertz CT molecular complexity index is 814. The van der Waals surface area contributed by atoms with Crippen LogP contribution < -0.4 is 10.6 Å². The highest BCUT2D eigenvalue weighted by Crippen LogP contribution is 2.26. The first-order valence-corrected chi connectivity index (χ1v) is 9.08. The highest BCUT2D eigenvalue weighted by Gasteiger charge is 2.31. The van der Waals surface area contributed by atoms with Crippen LogP contribution >= 0.6 is 11.8 Å². The van der Waals surface area contributed by atoms with E-state index < -0.39 is 12.0 Å². The molecule has 138 valence electrons. The van der Waals surface area contributed by atoms with Gasteiger partial charge in [-0.2, -0.15) is 0 Å². The van der Waals surface area contributed by atoms with E-state index in [1.807, 2.05) is 6.92 Å². The lowest BCUT2D eigenvalue weighted by Gasteiger charge is -2.28. The third kappa shape index (κ3) is 3.90. The highest BCUT2D eigenvalue weighted by molar-refractivity contribution is 7.99.